The molecule has 4 heteroatoms. The summed E-state index contributed by atoms with van der Waals surface area (Å²) in [7, 11) is 0. The van der Waals surface area contributed by atoms with E-state index in [4.69, 9.17) is 4.74 Å². The van der Waals surface area contributed by atoms with Crippen LogP contribution in [0.2, 0.25) is 0 Å². The molecular weight excluding hydrogens is 568 g/mol. The van der Waals surface area contributed by atoms with Crippen LogP contribution in [-0.4, -0.2) is 35.0 Å². The second-order valence-corrected chi connectivity index (χ2v) is 19.2. The maximum Gasteiger partial charge on any atom is 0.312 e. The number of aliphatic hydroxyl groups is 2. The van der Waals surface area contributed by atoms with Crippen molar-refractivity contribution in [3.05, 3.63) is 11.6 Å². The summed E-state index contributed by atoms with van der Waals surface area (Å²) in [5.74, 6) is 1.21. The number of fused-ring (bicyclic) bond motifs is 7. The van der Waals surface area contributed by atoms with Crippen LogP contribution in [-0.2, 0) is 9.53 Å². The number of unbranched alkanes of at least 4 members (excludes halogenated alkanes) is 9. The van der Waals surface area contributed by atoms with E-state index in [-0.39, 0.29) is 44.4 Å². The van der Waals surface area contributed by atoms with Crippen LogP contribution < -0.4 is 0 Å². The van der Waals surface area contributed by atoms with E-state index in [1.807, 2.05) is 0 Å². The molecular formula is C42H72O4. The summed E-state index contributed by atoms with van der Waals surface area (Å²) < 4.78 is 6.24. The summed E-state index contributed by atoms with van der Waals surface area (Å²) in [5, 5.41) is 22.2. The molecule has 0 spiro atoms. The molecule has 9 atom stereocenters. The Morgan fingerprint density at radius 2 is 1.39 bits per heavy atom. The molecule has 5 aliphatic rings. The lowest BCUT2D eigenvalue weighted by atomic mass is 9.33. The van der Waals surface area contributed by atoms with Crippen LogP contribution in [0, 0.1) is 50.2 Å². The number of hydrogen-bond donors (Lipinski definition) is 2. The first-order valence-corrected chi connectivity index (χ1v) is 19.8. The molecule has 264 valence electrons. The van der Waals surface area contributed by atoms with Gasteiger partial charge in [0.05, 0.1) is 24.2 Å². The molecule has 2 N–H and O–H groups in total. The highest BCUT2D eigenvalue weighted by atomic mass is 16.5. The zero-order valence-corrected chi connectivity index (χ0v) is 31.3. The molecule has 0 saturated heterocycles. The van der Waals surface area contributed by atoms with Gasteiger partial charge >= 0.3 is 5.97 Å². The lowest BCUT2D eigenvalue weighted by Crippen LogP contribution is -2.67. The minimum atomic E-state index is -0.666. The average molecular weight is 641 g/mol. The second kappa shape index (κ2) is 13.4. The third-order valence-corrected chi connectivity index (χ3v) is 15.7. The van der Waals surface area contributed by atoms with Crippen LogP contribution in [0.25, 0.3) is 0 Å². The van der Waals surface area contributed by atoms with Crippen molar-refractivity contribution in [2.45, 2.75) is 190 Å². The van der Waals surface area contributed by atoms with E-state index in [1.165, 1.54) is 51.4 Å². The van der Waals surface area contributed by atoms with Gasteiger partial charge in [-0.25, -0.2) is 0 Å². The highest BCUT2D eigenvalue weighted by Crippen LogP contribution is 2.75. The fraction of sp³-hybridized carbons (Fsp3) is 0.929. The van der Waals surface area contributed by atoms with Crippen molar-refractivity contribution < 1.29 is 19.7 Å². The average Bonchev–Trinajstić information content (AvgIpc) is 2.98. The van der Waals surface area contributed by atoms with E-state index < -0.39 is 12.2 Å². The molecule has 0 aromatic rings. The van der Waals surface area contributed by atoms with Gasteiger partial charge in [0.1, 0.15) is 0 Å². The Hall–Kier alpha value is -0.870. The number of hydrogen-bond acceptors (Lipinski definition) is 4. The molecule has 0 aromatic heterocycles. The molecule has 4 saturated carbocycles. The fourth-order valence-electron chi connectivity index (χ4n) is 12.6. The van der Waals surface area contributed by atoms with Crippen LogP contribution in [0.3, 0.4) is 0 Å². The predicted molar refractivity (Wildman–Crippen MR) is 189 cm³/mol. The van der Waals surface area contributed by atoms with Crippen molar-refractivity contribution in [2.75, 3.05) is 6.61 Å². The Morgan fingerprint density at radius 1 is 0.783 bits per heavy atom. The molecule has 4 nitrogen and oxygen atoms in total. The van der Waals surface area contributed by atoms with E-state index in [0.29, 0.717) is 24.9 Å². The van der Waals surface area contributed by atoms with Crippen LogP contribution in [0.5, 0.6) is 0 Å². The van der Waals surface area contributed by atoms with Crippen LogP contribution in [0.15, 0.2) is 11.6 Å². The smallest absolute Gasteiger partial charge is 0.312 e. The van der Waals surface area contributed by atoms with Gasteiger partial charge in [0.15, 0.2) is 0 Å². The molecule has 5 rings (SSSR count). The number of allylic oxidation sites excluding steroid dienone is 2. The van der Waals surface area contributed by atoms with Crippen molar-refractivity contribution in [3.8, 4) is 0 Å². The quantitative estimate of drug-likeness (QED) is 0.127. The van der Waals surface area contributed by atoms with Gasteiger partial charge in [-0.05, 0) is 109 Å². The van der Waals surface area contributed by atoms with Crippen molar-refractivity contribution in [3.63, 3.8) is 0 Å². The molecule has 0 bridgehead atoms. The zero-order valence-electron chi connectivity index (χ0n) is 31.3. The Kier molecular flexibility index (Phi) is 10.6. The van der Waals surface area contributed by atoms with Gasteiger partial charge in [-0.2, -0.15) is 0 Å². The van der Waals surface area contributed by atoms with Crippen molar-refractivity contribution >= 4 is 5.97 Å². The normalized spacial score (nSPS) is 42.6. The van der Waals surface area contributed by atoms with Gasteiger partial charge in [0, 0.05) is 0 Å². The Bertz CT molecular complexity index is 1110. The Labute approximate surface area is 283 Å². The summed E-state index contributed by atoms with van der Waals surface area (Å²) in [6, 6.07) is 0. The SMILES string of the molecule is CCCCCCCCCCCCOC(=O)[C@]12CCC(C)(C)C[C@H]1C1=CC[C@@H]3[C@@]4(C)C[C@@H](O)[C@H](O)C(C)(C)[C@@H]4CC[C@@]3(C)[C@]1(C)CC2. The minimum absolute atomic E-state index is 0.0193. The molecule has 0 aromatic carbocycles. The number of rotatable bonds is 12. The van der Waals surface area contributed by atoms with Crippen molar-refractivity contribution in [1.29, 1.82) is 0 Å². The number of esters is 1. The molecule has 0 aliphatic heterocycles. The Morgan fingerprint density at radius 3 is 2.04 bits per heavy atom. The summed E-state index contributed by atoms with van der Waals surface area (Å²) in [5.41, 5.74) is 1.23. The lowest BCUT2D eigenvalue weighted by molar-refractivity contribution is -0.232. The first kappa shape index (κ1) is 36.4. The van der Waals surface area contributed by atoms with E-state index in [2.05, 4.69) is 61.5 Å². The van der Waals surface area contributed by atoms with Gasteiger partial charge in [0.25, 0.3) is 0 Å². The lowest BCUT2D eigenvalue weighted by Gasteiger charge is -2.71. The maximum absolute atomic E-state index is 14.2. The standard InChI is InChI=1S/C42H72O4/c1-9-10-11-12-13-14-15-16-17-18-27-46-36(45)42-25-23-37(2,3)28-31(42)30-19-20-34-39(6)29-32(43)35(44)38(4,5)33(39)21-22-41(34,8)40(30,7)24-26-42/h19,31-35,43-44H,9-18,20-29H2,1-8H3/t31-,32+,33-,34+,35-,39-,40+,41+,42-/m0/s1. The topological polar surface area (TPSA) is 66.8 Å². The minimum Gasteiger partial charge on any atom is -0.465 e. The maximum atomic E-state index is 14.2. The summed E-state index contributed by atoms with van der Waals surface area (Å²) >= 11 is 0. The molecule has 46 heavy (non-hydrogen) atoms. The molecule has 0 heterocycles. The third-order valence-electron chi connectivity index (χ3n) is 15.7. The van der Waals surface area contributed by atoms with E-state index in [9.17, 15) is 15.0 Å². The summed E-state index contributed by atoms with van der Waals surface area (Å²) in [6.07, 6.45) is 23.2. The number of carbonyl (C=O) groups excluding carboxylic acids is 1. The summed E-state index contributed by atoms with van der Waals surface area (Å²) in [4.78, 5) is 14.2. The highest BCUT2D eigenvalue weighted by molar-refractivity contribution is 5.78. The molecule has 5 aliphatic carbocycles. The van der Waals surface area contributed by atoms with Crippen molar-refractivity contribution in [2.24, 2.45) is 50.2 Å². The molecule has 0 unspecified atom stereocenters. The highest BCUT2D eigenvalue weighted by Gasteiger charge is 2.70. The van der Waals surface area contributed by atoms with Crippen LogP contribution >= 0.6 is 0 Å². The molecule has 0 radical (unpaired) electrons. The second-order valence-electron chi connectivity index (χ2n) is 19.2. The van der Waals surface area contributed by atoms with Crippen molar-refractivity contribution in [1.82, 2.24) is 0 Å². The number of aliphatic hydroxyl groups excluding tert-OH is 2. The van der Waals surface area contributed by atoms with Gasteiger partial charge in [-0.3, -0.25) is 4.79 Å². The van der Waals surface area contributed by atoms with Gasteiger partial charge in [-0.15, -0.1) is 0 Å². The van der Waals surface area contributed by atoms with Crippen LogP contribution in [0.4, 0.5) is 0 Å². The first-order chi connectivity index (χ1) is 21.6. The summed E-state index contributed by atoms with van der Waals surface area (Å²) in [6.45, 7) is 19.6. The van der Waals surface area contributed by atoms with E-state index in [0.717, 1.165) is 64.2 Å². The first-order valence-electron chi connectivity index (χ1n) is 19.8. The van der Waals surface area contributed by atoms with Gasteiger partial charge in [0.2, 0.25) is 0 Å². The largest absolute Gasteiger partial charge is 0.465 e. The monoisotopic (exact) mass is 641 g/mol. The van der Waals surface area contributed by atoms with E-state index in [1.54, 1.807) is 5.57 Å². The Balaban J connectivity index is 1.30. The fourth-order valence-corrected chi connectivity index (χ4v) is 12.6. The molecule has 4 fully saturated rings. The molecule has 0 amide bonds. The van der Waals surface area contributed by atoms with Crippen LogP contribution in [0.1, 0.15) is 177 Å². The third kappa shape index (κ3) is 6.09. The zero-order chi connectivity index (χ0) is 33.6. The van der Waals surface area contributed by atoms with Gasteiger partial charge < -0.3 is 14.9 Å². The predicted octanol–water partition coefficient (Wildman–Crippen LogP) is 10.6. The number of ether oxygens (including phenoxy) is 1. The number of carbonyl (C=O) groups is 1. The van der Waals surface area contributed by atoms with Gasteiger partial charge in [-0.1, -0.05) is 125 Å². The van der Waals surface area contributed by atoms with E-state index >= 15 is 0 Å².